The smallest absolute Gasteiger partial charge is 0.209 e. The predicted octanol–water partition coefficient (Wildman–Crippen LogP) is 0.890. The Bertz CT molecular complexity index is 832. The lowest BCUT2D eigenvalue weighted by Crippen LogP contribution is -2.28. The molecule has 1 unspecified atom stereocenters. The number of rotatable bonds is 5. The highest BCUT2D eigenvalue weighted by Crippen LogP contribution is 2.44. The minimum atomic E-state index is -0.688. The largest absolute Gasteiger partial charge is 0.382 e. The molecule has 125 valence electrons. The second-order valence-corrected chi connectivity index (χ2v) is 6.62. The van der Waals surface area contributed by atoms with Crippen LogP contribution >= 0.6 is 11.9 Å². The van der Waals surface area contributed by atoms with Gasteiger partial charge in [-0.15, -0.1) is 0 Å². The molecule has 3 heterocycles. The standard InChI is InChI=1S/C14H17BN5O3S/c1-14(2)22-10-7(4-21-24-15)3-8(11(10)23-14)20-6-19-9-12(16)17-5-18-13(9)20/h3,5-6,8,10-11,15H,4H2,1-2H3,(H2,16,17,18)/t8-,10-,11?/m1/s1/i15T. The molecular weight excluding hydrogens is 329 g/mol. The van der Waals surface area contributed by atoms with Crippen LogP contribution in [0.3, 0.4) is 0 Å². The number of nitrogens with two attached hydrogens (primary N) is 1. The molecule has 0 amide bonds. The number of anilines is 1. The first-order valence-electron chi connectivity index (χ1n) is 8.05. The highest BCUT2D eigenvalue weighted by Gasteiger charge is 2.50. The first kappa shape index (κ1) is 14.7. The molecule has 3 atom stereocenters. The van der Waals surface area contributed by atoms with E-state index in [1.54, 1.807) is 6.33 Å². The number of imidazole rings is 1. The number of hydrogen-bond donors (Lipinski definition) is 1. The number of nitrogen functional groups attached to an aromatic ring is 1. The first-order valence-corrected chi connectivity index (χ1v) is 8.28. The van der Waals surface area contributed by atoms with E-state index in [1.165, 1.54) is 6.33 Å². The molecule has 2 aromatic heterocycles. The topological polar surface area (TPSA) is 97.3 Å². The fourth-order valence-electron chi connectivity index (χ4n) is 3.29. The fraction of sp³-hybridized carbons (Fsp3) is 0.500. The zero-order valence-corrected chi connectivity index (χ0v) is 14.1. The normalized spacial score (nSPS) is 28.7. The van der Waals surface area contributed by atoms with Gasteiger partial charge in [-0.2, -0.15) is 0 Å². The monoisotopic (exact) mass is 348 g/mol. The highest BCUT2D eigenvalue weighted by atomic mass is 32.2. The van der Waals surface area contributed by atoms with Gasteiger partial charge in [0.15, 0.2) is 17.3 Å². The lowest BCUT2D eigenvalue weighted by Gasteiger charge is -2.21. The van der Waals surface area contributed by atoms with Crippen molar-refractivity contribution in [3.63, 3.8) is 0 Å². The Morgan fingerprint density at radius 2 is 2.33 bits per heavy atom. The molecule has 0 bridgehead atoms. The minimum absolute atomic E-state index is 0.144. The van der Waals surface area contributed by atoms with Crippen LogP contribution in [0.2, 0.25) is 0 Å². The lowest BCUT2D eigenvalue weighted by molar-refractivity contribution is -0.148. The molecule has 0 aromatic carbocycles. The molecule has 4 rings (SSSR count). The first-order chi connectivity index (χ1) is 12.0. The quantitative estimate of drug-likeness (QED) is 0.368. The Kier molecular flexibility index (Phi) is 3.51. The van der Waals surface area contributed by atoms with Crippen LogP contribution in [-0.2, 0) is 13.7 Å². The number of aromatic nitrogens is 4. The van der Waals surface area contributed by atoms with E-state index < -0.39 is 5.79 Å². The summed E-state index contributed by atoms with van der Waals surface area (Å²) in [4.78, 5) is 12.6. The summed E-state index contributed by atoms with van der Waals surface area (Å²) in [7, 11) is 1.14. The van der Waals surface area contributed by atoms with Crippen LogP contribution in [0.25, 0.3) is 11.2 Å². The average molecular weight is 348 g/mol. The SMILES string of the molecule is [3H][B]SOCC1=C[C@@H](n2cnc3c(N)ncnc32)C2OC(C)(C)O[C@H]12. The molecule has 1 radical (unpaired) electrons. The Labute approximate surface area is 145 Å². The van der Waals surface area contributed by atoms with Crippen molar-refractivity contribution in [3.05, 3.63) is 24.3 Å². The van der Waals surface area contributed by atoms with Crippen molar-refractivity contribution in [1.82, 2.24) is 19.5 Å². The summed E-state index contributed by atoms with van der Waals surface area (Å²) in [6.45, 7) is 4.12. The second kappa shape index (κ2) is 5.73. The molecule has 1 aliphatic carbocycles. The summed E-state index contributed by atoms with van der Waals surface area (Å²) in [6.07, 6.45) is 4.73. The van der Waals surface area contributed by atoms with Crippen LogP contribution < -0.4 is 5.73 Å². The molecule has 2 aromatic rings. The van der Waals surface area contributed by atoms with Crippen molar-refractivity contribution in [2.75, 3.05) is 12.3 Å². The van der Waals surface area contributed by atoms with Gasteiger partial charge in [0, 0.05) is 0 Å². The van der Waals surface area contributed by atoms with Crippen LogP contribution in [0.15, 0.2) is 24.3 Å². The molecule has 0 saturated carbocycles. The van der Waals surface area contributed by atoms with Crippen molar-refractivity contribution < 1.29 is 13.7 Å². The third-order valence-electron chi connectivity index (χ3n) is 4.22. The zero-order valence-electron chi connectivity index (χ0n) is 14.2. The Morgan fingerprint density at radius 1 is 1.46 bits per heavy atom. The molecule has 1 fully saturated rings. The van der Waals surface area contributed by atoms with Gasteiger partial charge in [0.2, 0.25) is 7.09 Å². The van der Waals surface area contributed by atoms with E-state index in [1.807, 2.05) is 18.4 Å². The summed E-state index contributed by atoms with van der Waals surface area (Å²) in [6, 6.07) is -0.144. The van der Waals surface area contributed by atoms with Gasteiger partial charge in [0.05, 0.1) is 19.0 Å². The summed E-state index contributed by atoms with van der Waals surface area (Å²) in [5.74, 6) is -0.344. The summed E-state index contributed by atoms with van der Waals surface area (Å²) < 4.78 is 26.6. The van der Waals surface area contributed by atoms with Crippen LogP contribution in [0, 0.1) is 0 Å². The summed E-state index contributed by atoms with van der Waals surface area (Å²) >= 11 is 0.980. The number of nitrogens with zero attached hydrogens (tertiary/aromatic N) is 4. The van der Waals surface area contributed by atoms with Crippen LogP contribution in [0.4, 0.5) is 5.82 Å². The molecule has 10 heteroatoms. The predicted molar refractivity (Wildman–Crippen MR) is 91.4 cm³/mol. The van der Waals surface area contributed by atoms with E-state index in [9.17, 15) is 0 Å². The Balaban J connectivity index is 1.70. The second-order valence-electron chi connectivity index (χ2n) is 6.19. The van der Waals surface area contributed by atoms with Crippen LogP contribution in [-0.4, -0.2) is 52.5 Å². The minimum Gasteiger partial charge on any atom is -0.382 e. The third kappa shape index (κ3) is 2.50. The van der Waals surface area contributed by atoms with Crippen molar-refractivity contribution in [2.45, 2.75) is 37.9 Å². The van der Waals surface area contributed by atoms with Crippen molar-refractivity contribution in [1.29, 1.82) is 1.34 Å². The van der Waals surface area contributed by atoms with Gasteiger partial charge in [-0.3, -0.25) is 0 Å². The van der Waals surface area contributed by atoms with E-state index in [0.29, 0.717) is 23.6 Å². The van der Waals surface area contributed by atoms with Crippen molar-refractivity contribution >= 4 is 36.0 Å². The van der Waals surface area contributed by atoms with Gasteiger partial charge in [-0.05, 0) is 20.8 Å². The molecule has 0 spiro atoms. The number of hydrogen-bond acceptors (Lipinski definition) is 8. The maximum atomic E-state index is 7.05. The Hall–Kier alpha value is -1.62. The van der Waals surface area contributed by atoms with Gasteiger partial charge >= 0.3 is 0 Å². The van der Waals surface area contributed by atoms with Crippen LogP contribution in [0.1, 0.15) is 19.9 Å². The summed E-state index contributed by atoms with van der Waals surface area (Å²) in [5.41, 5.74) is 8.07. The average Bonchev–Trinajstić information content (AvgIpc) is 3.20. The van der Waals surface area contributed by atoms with E-state index in [-0.39, 0.29) is 18.2 Å². The van der Waals surface area contributed by atoms with E-state index in [2.05, 4.69) is 21.0 Å². The lowest BCUT2D eigenvalue weighted by atomic mass is 10.1. The van der Waals surface area contributed by atoms with Gasteiger partial charge in [-0.1, -0.05) is 18.0 Å². The van der Waals surface area contributed by atoms with Gasteiger partial charge in [0.1, 0.15) is 24.1 Å². The van der Waals surface area contributed by atoms with E-state index in [0.717, 1.165) is 24.6 Å². The van der Waals surface area contributed by atoms with Crippen molar-refractivity contribution in [3.8, 4) is 0 Å². The maximum absolute atomic E-state index is 7.05. The number of ether oxygens (including phenoxy) is 2. The van der Waals surface area contributed by atoms with E-state index in [4.69, 9.17) is 20.7 Å². The van der Waals surface area contributed by atoms with Crippen molar-refractivity contribution in [2.24, 2.45) is 0 Å². The van der Waals surface area contributed by atoms with Gasteiger partial charge < -0.3 is 24.0 Å². The van der Waals surface area contributed by atoms with Gasteiger partial charge in [-0.25, -0.2) is 15.0 Å². The van der Waals surface area contributed by atoms with E-state index >= 15 is 0 Å². The highest BCUT2D eigenvalue weighted by molar-refractivity contribution is 8.15. The molecule has 8 nitrogen and oxygen atoms in total. The molecule has 2 aliphatic rings. The molecule has 1 aliphatic heterocycles. The number of fused-ring (bicyclic) bond motifs is 2. The fourth-order valence-corrected chi connectivity index (χ4v) is 3.50. The Morgan fingerprint density at radius 3 is 3.17 bits per heavy atom. The molecule has 1 saturated heterocycles. The summed E-state index contributed by atoms with van der Waals surface area (Å²) in [5, 5.41) is 0. The maximum Gasteiger partial charge on any atom is 0.209 e. The molecule has 24 heavy (non-hydrogen) atoms. The zero-order chi connectivity index (χ0) is 17.6. The van der Waals surface area contributed by atoms with Crippen LogP contribution in [0.5, 0.6) is 0 Å². The third-order valence-corrected chi connectivity index (χ3v) is 4.47. The molecule has 2 N–H and O–H groups in total. The molecular formula is C14H17BN5O3S. The van der Waals surface area contributed by atoms with Gasteiger partial charge in [0.25, 0.3) is 0 Å².